The Hall–Kier alpha value is -0.0400. The first kappa shape index (κ1) is 13.0. The molecule has 0 aliphatic heterocycles. The summed E-state index contributed by atoms with van der Waals surface area (Å²) in [4.78, 5) is 2.39. The molecule has 2 atom stereocenters. The highest BCUT2D eigenvalue weighted by molar-refractivity contribution is 4.66. The van der Waals surface area contributed by atoms with Crippen LogP contribution in [0.3, 0.4) is 0 Å². The van der Waals surface area contributed by atoms with Gasteiger partial charge in [-0.3, -0.25) is 0 Å². The summed E-state index contributed by atoms with van der Waals surface area (Å²) in [7, 11) is 2.20. The summed E-state index contributed by atoms with van der Waals surface area (Å²) in [5.41, 5.74) is 0. The van der Waals surface area contributed by atoms with Gasteiger partial charge < -0.3 is 4.90 Å². The van der Waals surface area contributed by atoms with Crippen LogP contribution in [0.4, 0.5) is 0 Å². The van der Waals surface area contributed by atoms with E-state index in [-0.39, 0.29) is 0 Å². The Morgan fingerprint density at radius 2 is 1.62 bits per heavy atom. The molecule has 0 rings (SSSR count). The second kappa shape index (κ2) is 6.42. The van der Waals surface area contributed by atoms with Crippen LogP contribution in [0.1, 0.15) is 41.0 Å². The maximum absolute atomic E-state index is 2.39. The molecule has 2 unspecified atom stereocenters. The molecule has 0 aromatic rings. The van der Waals surface area contributed by atoms with Gasteiger partial charge in [0.25, 0.3) is 0 Å². The van der Waals surface area contributed by atoms with Gasteiger partial charge in [0.2, 0.25) is 0 Å². The van der Waals surface area contributed by atoms with Crippen LogP contribution in [0.25, 0.3) is 0 Å². The van der Waals surface area contributed by atoms with Crippen molar-refractivity contribution in [3.05, 3.63) is 0 Å². The summed E-state index contributed by atoms with van der Waals surface area (Å²) in [5.74, 6) is 2.53. The monoisotopic (exact) mass is 185 g/mol. The number of hydrogen-bond acceptors (Lipinski definition) is 1. The van der Waals surface area contributed by atoms with Crippen LogP contribution >= 0.6 is 0 Å². The summed E-state index contributed by atoms with van der Waals surface area (Å²) < 4.78 is 0. The summed E-state index contributed by atoms with van der Waals surface area (Å²) >= 11 is 0. The average molecular weight is 185 g/mol. The van der Waals surface area contributed by atoms with Crippen molar-refractivity contribution < 1.29 is 0 Å². The molecular weight excluding hydrogens is 158 g/mol. The minimum Gasteiger partial charge on any atom is -0.307 e. The third-order valence-electron chi connectivity index (χ3n) is 3.46. The molecule has 80 valence electrons. The Morgan fingerprint density at radius 1 is 1.08 bits per heavy atom. The summed E-state index contributed by atoms with van der Waals surface area (Å²) in [5, 5.41) is 0. The Balaban J connectivity index is 3.67. The predicted molar refractivity (Wildman–Crippen MR) is 61.0 cm³/mol. The van der Waals surface area contributed by atoms with Gasteiger partial charge in [-0.15, -0.1) is 0 Å². The van der Waals surface area contributed by atoms with Crippen molar-refractivity contribution >= 4 is 0 Å². The van der Waals surface area contributed by atoms with Crippen molar-refractivity contribution in [2.75, 3.05) is 20.1 Å². The van der Waals surface area contributed by atoms with E-state index < -0.39 is 0 Å². The van der Waals surface area contributed by atoms with E-state index in [0.29, 0.717) is 0 Å². The average Bonchev–Trinajstić information content (AvgIpc) is 2.11. The van der Waals surface area contributed by atoms with Crippen LogP contribution in [0.2, 0.25) is 0 Å². The molecule has 0 aliphatic rings. The third kappa shape index (κ3) is 5.30. The van der Waals surface area contributed by atoms with Crippen LogP contribution in [-0.2, 0) is 0 Å². The van der Waals surface area contributed by atoms with E-state index in [9.17, 15) is 0 Å². The van der Waals surface area contributed by atoms with E-state index in [1.165, 1.54) is 19.5 Å². The highest BCUT2D eigenvalue weighted by Gasteiger charge is 2.15. The number of rotatable bonds is 6. The molecule has 0 spiro atoms. The molecule has 0 N–H and O–H groups in total. The highest BCUT2D eigenvalue weighted by Crippen LogP contribution is 2.22. The molecule has 1 nitrogen and oxygen atoms in total. The Labute approximate surface area is 84.5 Å². The Kier molecular flexibility index (Phi) is 6.40. The molecule has 0 aliphatic carbocycles. The van der Waals surface area contributed by atoms with Gasteiger partial charge in [-0.2, -0.15) is 0 Å². The Morgan fingerprint density at radius 3 is 2.00 bits per heavy atom. The molecular formula is C12H27N. The zero-order chi connectivity index (χ0) is 10.4. The zero-order valence-corrected chi connectivity index (χ0v) is 10.3. The summed E-state index contributed by atoms with van der Waals surface area (Å²) in [6.45, 7) is 14.0. The van der Waals surface area contributed by atoms with Gasteiger partial charge in [0.1, 0.15) is 0 Å². The molecule has 0 heterocycles. The van der Waals surface area contributed by atoms with Crippen LogP contribution < -0.4 is 0 Å². The topological polar surface area (TPSA) is 3.24 Å². The standard InChI is InChI=1S/C12H27N/c1-7-13(6)9-8-11(4)12(5)10(2)3/h10-12H,7-9H2,1-6H3. The van der Waals surface area contributed by atoms with E-state index in [0.717, 1.165) is 17.8 Å². The van der Waals surface area contributed by atoms with Crippen molar-refractivity contribution in [1.82, 2.24) is 4.90 Å². The van der Waals surface area contributed by atoms with E-state index in [4.69, 9.17) is 0 Å². The third-order valence-corrected chi connectivity index (χ3v) is 3.46. The zero-order valence-electron chi connectivity index (χ0n) is 10.3. The largest absolute Gasteiger partial charge is 0.307 e. The second-order valence-electron chi connectivity index (χ2n) is 4.76. The first-order valence-electron chi connectivity index (χ1n) is 5.67. The lowest BCUT2D eigenvalue weighted by molar-refractivity contribution is 0.243. The van der Waals surface area contributed by atoms with Gasteiger partial charge in [0.15, 0.2) is 0 Å². The molecule has 0 amide bonds. The minimum absolute atomic E-state index is 0.821. The lowest BCUT2D eigenvalue weighted by atomic mass is 9.84. The van der Waals surface area contributed by atoms with Gasteiger partial charge in [0, 0.05) is 0 Å². The normalized spacial score (nSPS) is 16.6. The van der Waals surface area contributed by atoms with Crippen molar-refractivity contribution in [2.45, 2.75) is 41.0 Å². The highest BCUT2D eigenvalue weighted by atomic mass is 15.1. The van der Waals surface area contributed by atoms with Crippen molar-refractivity contribution in [1.29, 1.82) is 0 Å². The number of nitrogens with zero attached hydrogens (tertiary/aromatic N) is 1. The Bertz CT molecular complexity index is 120. The lowest BCUT2D eigenvalue weighted by Gasteiger charge is -2.25. The van der Waals surface area contributed by atoms with Gasteiger partial charge in [-0.1, -0.05) is 34.6 Å². The smallest absolute Gasteiger partial charge is 0.00193 e. The molecule has 1 heteroatoms. The van der Waals surface area contributed by atoms with E-state index in [1.807, 2.05) is 0 Å². The van der Waals surface area contributed by atoms with Gasteiger partial charge in [0.05, 0.1) is 0 Å². The van der Waals surface area contributed by atoms with Gasteiger partial charge >= 0.3 is 0 Å². The molecule has 13 heavy (non-hydrogen) atoms. The van der Waals surface area contributed by atoms with E-state index in [2.05, 4.69) is 46.6 Å². The first-order valence-corrected chi connectivity index (χ1v) is 5.67. The van der Waals surface area contributed by atoms with Crippen molar-refractivity contribution in [3.63, 3.8) is 0 Å². The van der Waals surface area contributed by atoms with Gasteiger partial charge in [-0.25, -0.2) is 0 Å². The first-order chi connectivity index (χ1) is 5.99. The second-order valence-corrected chi connectivity index (χ2v) is 4.76. The van der Waals surface area contributed by atoms with E-state index >= 15 is 0 Å². The van der Waals surface area contributed by atoms with Crippen molar-refractivity contribution in [3.8, 4) is 0 Å². The maximum Gasteiger partial charge on any atom is -0.00193 e. The fraction of sp³-hybridized carbons (Fsp3) is 1.00. The maximum atomic E-state index is 2.39. The van der Waals surface area contributed by atoms with Crippen LogP contribution in [0, 0.1) is 17.8 Å². The molecule has 0 aromatic carbocycles. The van der Waals surface area contributed by atoms with Crippen LogP contribution in [0.5, 0.6) is 0 Å². The predicted octanol–water partition coefficient (Wildman–Crippen LogP) is 3.26. The fourth-order valence-corrected chi connectivity index (χ4v) is 1.50. The summed E-state index contributed by atoms with van der Waals surface area (Å²) in [6.07, 6.45) is 1.34. The van der Waals surface area contributed by atoms with Gasteiger partial charge in [-0.05, 0) is 44.3 Å². The molecule has 0 fully saturated rings. The number of hydrogen-bond donors (Lipinski definition) is 0. The van der Waals surface area contributed by atoms with Crippen molar-refractivity contribution in [2.24, 2.45) is 17.8 Å². The van der Waals surface area contributed by atoms with Crippen LogP contribution in [-0.4, -0.2) is 25.0 Å². The van der Waals surface area contributed by atoms with E-state index in [1.54, 1.807) is 0 Å². The fourth-order valence-electron chi connectivity index (χ4n) is 1.50. The molecule has 0 bridgehead atoms. The quantitative estimate of drug-likeness (QED) is 0.614. The van der Waals surface area contributed by atoms with Crippen LogP contribution in [0.15, 0.2) is 0 Å². The molecule has 0 radical (unpaired) electrons. The summed E-state index contributed by atoms with van der Waals surface area (Å²) in [6, 6.07) is 0. The SMILES string of the molecule is CCN(C)CCC(C)C(C)C(C)C. The molecule has 0 saturated heterocycles. The lowest BCUT2D eigenvalue weighted by Crippen LogP contribution is -2.23. The molecule has 0 saturated carbocycles. The minimum atomic E-state index is 0.821. The molecule has 0 aromatic heterocycles.